The van der Waals surface area contributed by atoms with Crippen molar-refractivity contribution in [3.63, 3.8) is 0 Å². The Hall–Kier alpha value is -1.07. The molecule has 0 aliphatic rings. The Morgan fingerprint density at radius 2 is 2.20 bits per heavy atom. The van der Waals surface area contributed by atoms with Crippen molar-refractivity contribution in [3.8, 4) is 0 Å². The molecule has 15 heavy (non-hydrogen) atoms. The Labute approximate surface area is 95.9 Å². The maximum Gasteiger partial charge on any atom is 0.325 e. The van der Waals surface area contributed by atoms with E-state index < -0.39 is 17.9 Å². The fourth-order valence-electron chi connectivity index (χ4n) is 0.907. The second-order valence-corrected chi connectivity index (χ2v) is 4.35. The molecule has 0 bridgehead atoms. The maximum atomic E-state index is 11.5. The summed E-state index contributed by atoms with van der Waals surface area (Å²) in [7, 11) is 0. The zero-order valence-electron chi connectivity index (χ0n) is 8.20. The third kappa shape index (κ3) is 2.70. The number of aryl methyl sites for hydroxylation is 1. The lowest BCUT2D eigenvalue weighted by atomic mass is 10.3. The van der Waals surface area contributed by atoms with Gasteiger partial charge in [-0.15, -0.1) is 11.3 Å². The van der Waals surface area contributed by atoms with Gasteiger partial charge < -0.3 is 10.4 Å². The number of carbonyl (C=O) groups is 2. The number of amides is 1. The monoisotopic (exact) mass is 247 g/mol. The van der Waals surface area contributed by atoms with E-state index in [-0.39, 0.29) is 0 Å². The molecule has 1 rings (SSSR count). The number of halogens is 1. The fraction of sp³-hybridized carbons (Fsp3) is 0.333. The molecule has 0 saturated heterocycles. The van der Waals surface area contributed by atoms with Crippen molar-refractivity contribution in [3.05, 3.63) is 20.8 Å². The van der Waals surface area contributed by atoms with Crippen molar-refractivity contribution in [2.75, 3.05) is 0 Å². The molecule has 6 heteroatoms. The van der Waals surface area contributed by atoms with E-state index in [0.29, 0.717) is 9.90 Å². The van der Waals surface area contributed by atoms with Gasteiger partial charge in [0.25, 0.3) is 5.91 Å². The largest absolute Gasteiger partial charge is 0.480 e. The van der Waals surface area contributed by atoms with Crippen LogP contribution in [0.3, 0.4) is 0 Å². The Kier molecular flexibility index (Phi) is 3.71. The molecule has 0 aromatic carbocycles. The summed E-state index contributed by atoms with van der Waals surface area (Å²) in [6.07, 6.45) is 0. The van der Waals surface area contributed by atoms with Crippen molar-refractivity contribution in [1.82, 2.24) is 5.32 Å². The molecule has 4 nitrogen and oxygen atoms in total. The van der Waals surface area contributed by atoms with Crippen LogP contribution >= 0.6 is 22.9 Å². The maximum absolute atomic E-state index is 11.5. The minimum absolute atomic E-state index is 0.349. The first-order chi connectivity index (χ1) is 6.93. The summed E-state index contributed by atoms with van der Waals surface area (Å²) >= 11 is 7.07. The molecule has 1 aromatic heterocycles. The smallest absolute Gasteiger partial charge is 0.325 e. The van der Waals surface area contributed by atoms with E-state index >= 15 is 0 Å². The number of nitrogens with one attached hydrogen (secondary N) is 1. The molecule has 0 radical (unpaired) electrons. The Bertz CT molecular complexity index is 402. The van der Waals surface area contributed by atoms with Gasteiger partial charge in [0.15, 0.2) is 0 Å². The van der Waals surface area contributed by atoms with Gasteiger partial charge >= 0.3 is 5.97 Å². The molecule has 0 spiro atoms. The molecule has 0 aliphatic carbocycles. The van der Waals surface area contributed by atoms with Gasteiger partial charge in [-0.3, -0.25) is 9.59 Å². The molecule has 1 amide bonds. The van der Waals surface area contributed by atoms with Crippen LogP contribution in [-0.4, -0.2) is 23.0 Å². The van der Waals surface area contributed by atoms with Crippen LogP contribution in [0.1, 0.15) is 22.2 Å². The van der Waals surface area contributed by atoms with Crippen LogP contribution in [0.25, 0.3) is 0 Å². The highest BCUT2D eigenvalue weighted by Gasteiger charge is 2.19. The van der Waals surface area contributed by atoms with Crippen LogP contribution in [0.2, 0.25) is 5.02 Å². The summed E-state index contributed by atoms with van der Waals surface area (Å²) in [6, 6.07) is -0.920. The Balaban J connectivity index is 2.78. The normalized spacial score (nSPS) is 12.2. The molecule has 2 N–H and O–H groups in total. The van der Waals surface area contributed by atoms with Crippen molar-refractivity contribution in [2.45, 2.75) is 19.9 Å². The van der Waals surface area contributed by atoms with E-state index in [0.717, 1.165) is 5.56 Å². The summed E-state index contributed by atoms with van der Waals surface area (Å²) in [5.41, 5.74) is 0.815. The lowest BCUT2D eigenvalue weighted by molar-refractivity contribution is -0.138. The van der Waals surface area contributed by atoms with Gasteiger partial charge in [0.2, 0.25) is 0 Å². The van der Waals surface area contributed by atoms with Gasteiger partial charge in [-0.25, -0.2) is 0 Å². The summed E-state index contributed by atoms with van der Waals surface area (Å²) < 4.78 is 0. The molecule has 0 saturated carbocycles. The summed E-state index contributed by atoms with van der Waals surface area (Å²) in [5.74, 6) is -1.53. The summed E-state index contributed by atoms with van der Waals surface area (Å²) in [4.78, 5) is 22.4. The minimum Gasteiger partial charge on any atom is -0.480 e. The third-order valence-corrected chi connectivity index (χ3v) is 3.52. The lowest BCUT2D eigenvalue weighted by Crippen LogP contribution is -2.38. The van der Waals surface area contributed by atoms with Crippen molar-refractivity contribution in [2.24, 2.45) is 0 Å². The summed E-state index contributed by atoms with van der Waals surface area (Å²) in [6.45, 7) is 3.19. The number of carbonyl (C=O) groups excluding carboxylic acids is 1. The SMILES string of the molecule is Cc1csc(C(=O)NC(C)C(=O)O)c1Cl. The number of rotatable bonds is 3. The van der Waals surface area contributed by atoms with Crippen LogP contribution < -0.4 is 5.32 Å². The van der Waals surface area contributed by atoms with Crippen LogP contribution in [0.4, 0.5) is 0 Å². The van der Waals surface area contributed by atoms with E-state index in [2.05, 4.69) is 5.32 Å². The number of carboxylic acid groups (broad SMARTS) is 1. The van der Waals surface area contributed by atoms with E-state index in [1.807, 2.05) is 0 Å². The molecular weight excluding hydrogens is 238 g/mol. The standard InChI is InChI=1S/C9H10ClNO3S/c1-4-3-15-7(6(4)10)8(12)11-5(2)9(13)14/h3,5H,1-2H3,(H,11,12)(H,13,14). The van der Waals surface area contributed by atoms with E-state index in [4.69, 9.17) is 16.7 Å². The van der Waals surface area contributed by atoms with E-state index in [1.165, 1.54) is 18.3 Å². The first-order valence-corrected chi connectivity index (χ1v) is 5.46. The van der Waals surface area contributed by atoms with Gasteiger partial charge in [-0.05, 0) is 24.8 Å². The van der Waals surface area contributed by atoms with Crippen molar-refractivity contribution in [1.29, 1.82) is 0 Å². The highest BCUT2D eigenvalue weighted by Crippen LogP contribution is 2.26. The number of hydrogen-bond acceptors (Lipinski definition) is 3. The number of aliphatic carboxylic acids is 1. The van der Waals surface area contributed by atoms with Crippen LogP contribution in [-0.2, 0) is 4.79 Å². The molecule has 0 fully saturated rings. The predicted octanol–water partition coefficient (Wildman–Crippen LogP) is 1.91. The predicted molar refractivity (Wildman–Crippen MR) is 58.6 cm³/mol. The molecule has 0 aliphatic heterocycles. The highest BCUT2D eigenvalue weighted by atomic mass is 35.5. The molecule has 1 unspecified atom stereocenters. The number of hydrogen-bond donors (Lipinski definition) is 2. The molecular formula is C9H10ClNO3S. The first kappa shape index (κ1) is 12.0. The first-order valence-electron chi connectivity index (χ1n) is 4.20. The van der Waals surface area contributed by atoms with Crippen LogP contribution in [0.15, 0.2) is 5.38 Å². The average Bonchev–Trinajstić information content (AvgIpc) is 2.47. The minimum atomic E-state index is -1.08. The third-order valence-electron chi connectivity index (χ3n) is 1.82. The van der Waals surface area contributed by atoms with Gasteiger partial charge in [-0.2, -0.15) is 0 Å². The zero-order chi connectivity index (χ0) is 11.6. The number of thiophene rings is 1. The average molecular weight is 248 g/mol. The highest BCUT2D eigenvalue weighted by molar-refractivity contribution is 7.13. The van der Waals surface area contributed by atoms with Gasteiger partial charge in [0, 0.05) is 0 Å². The van der Waals surface area contributed by atoms with Crippen molar-refractivity contribution < 1.29 is 14.7 Å². The van der Waals surface area contributed by atoms with Gasteiger partial charge in [0.1, 0.15) is 10.9 Å². The molecule has 82 valence electrons. The summed E-state index contributed by atoms with van der Waals surface area (Å²) in [5, 5.41) is 13.1. The van der Waals surface area contributed by atoms with Crippen molar-refractivity contribution >= 4 is 34.8 Å². The van der Waals surface area contributed by atoms with Crippen LogP contribution in [0.5, 0.6) is 0 Å². The van der Waals surface area contributed by atoms with E-state index in [1.54, 1.807) is 12.3 Å². The number of carboxylic acids is 1. The fourth-order valence-corrected chi connectivity index (χ4v) is 2.09. The van der Waals surface area contributed by atoms with Crippen LogP contribution in [0, 0.1) is 6.92 Å². The van der Waals surface area contributed by atoms with E-state index in [9.17, 15) is 9.59 Å². The second-order valence-electron chi connectivity index (χ2n) is 3.10. The zero-order valence-corrected chi connectivity index (χ0v) is 9.78. The van der Waals surface area contributed by atoms with Gasteiger partial charge in [0.05, 0.1) is 5.02 Å². The second kappa shape index (κ2) is 4.63. The molecule has 1 heterocycles. The lowest BCUT2D eigenvalue weighted by Gasteiger charge is -2.07. The quantitative estimate of drug-likeness (QED) is 0.858. The Morgan fingerprint density at radius 3 is 2.60 bits per heavy atom. The van der Waals surface area contributed by atoms with Gasteiger partial charge in [-0.1, -0.05) is 11.6 Å². The molecule has 1 atom stereocenters. The Morgan fingerprint density at radius 1 is 1.60 bits per heavy atom. The topological polar surface area (TPSA) is 66.4 Å². The molecule has 1 aromatic rings.